The monoisotopic (exact) mass is 275 g/mol. The van der Waals surface area contributed by atoms with E-state index in [4.69, 9.17) is 20.7 Å². The first-order chi connectivity index (χ1) is 10.1. The SMILES string of the molecule is [2H]/C(=C(/N)c1ccc(OC)c(OCC)c1)S(=O)(=O)C([2H])([2H])[2H]. The molecular weight excluding hydrogens is 254 g/mol. The minimum absolute atomic E-state index is 0.155. The molecule has 1 rings (SSSR count). The summed E-state index contributed by atoms with van der Waals surface area (Å²) in [7, 11) is -3.38. The largest absolute Gasteiger partial charge is 0.493 e. The van der Waals surface area contributed by atoms with Gasteiger partial charge in [-0.3, -0.25) is 0 Å². The zero-order valence-electron chi connectivity index (χ0n) is 14.1. The third-order valence-corrected chi connectivity index (χ3v) is 2.51. The molecule has 0 aliphatic heterocycles. The van der Waals surface area contributed by atoms with E-state index in [9.17, 15) is 8.42 Å². The van der Waals surface area contributed by atoms with Crippen molar-refractivity contribution in [1.82, 2.24) is 0 Å². The highest BCUT2D eigenvalue weighted by Crippen LogP contribution is 2.29. The van der Waals surface area contributed by atoms with Crippen LogP contribution in [0.2, 0.25) is 0 Å². The first kappa shape index (κ1) is 9.27. The molecule has 0 amide bonds. The van der Waals surface area contributed by atoms with Gasteiger partial charge in [0.1, 0.15) is 0 Å². The number of sulfone groups is 1. The molecule has 5 nitrogen and oxygen atoms in total. The maximum atomic E-state index is 11.8. The van der Waals surface area contributed by atoms with E-state index in [2.05, 4.69) is 0 Å². The van der Waals surface area contributed by atoms with Crippen LogP contribution in [0.5, 0.6) is 11.5 Å². The van der Waals surface area contributed by atoms with E-state index in [1.807, 2.05) is 0 Å². The number of hydrogen-bond acceptors (Lipinski definition) is 5. The summed E-state index contributed by atoms with van der Waals surface area (Å²) in [6.07, 6.45) is -3.34. The van der Waals surface area contributed by atoms with Gasteiger partial charge in [-0.25, -0.2) is 8.42 Å². The van der Waals surface area contributed by atoms with Crippen molar-refractivity contribution in [3.8, 4) is 11.5 Å². The van der Waals surface area contributed by atoms with Gasteiger partial charge in [0.15, 0.2) is 21.3 Å². The van der Waals surface area contributed by atoms with Gasteiger partial charge in [-0.1, -0.05) is 0 Å². The highest BCUT2D eigenvalue weighted by atomic mass is 32.2. The van der Waals surface area contributed by atoms with Crippen molar-refractivity contribution in [3.63, 3.8) is 0 Å². The quantitative estimate of drug-likeness (QED) is 0.878. The van der Waals surface area contributed by atoms with Crippen LogP contribution in [0.1, 0.15) is 18.0 Å². The lowest BCUT2D eigenvalue weighted by atomic mass is 10.1. The predicted molar refractivity (Wildman–Crippen MR) is 71.2 cm³/mol. The predicted octanol–water partition coefficient (Wildman–Crippen LogP) is 1.40. The van der Waals surface area contributed by atoms with E-state index in [0.717, 1.165) is 0 Å². The van der Waals surface area contributed by atoms with Gasteiger partial charge in [-0.05, 0) is 25.1 Å². The average molecular weight is 275 g/mol. The molecule has 0 radical (unpaired) electrons. The second kappa shape index (κ2) is 5.77. The van der Waals surface area contributed by atoms with E-state index < -0.39 is 27.1 Å². The van der Waals surface area contributed by atoms with Gasteiger partial charge < -0.3 is 15.2 Å². The molecule has 18 heavy (non-hydrogen) atoms. The molecule has 2 N–H and O–H groups in total. The molecule has 1 aromatic rings. The van der Waals surface area contributed by atoms with Crippen LogP contribution in [0.4, 0.5) is 0 Å². The van der Waals surface area contributed by atoms with Gasteiger partial charge in [0.25, 0.3) is 0 Å². The van der Waals surface area contributed by atoms with Crippen molar-refractivity contribution < 1.29 is 23.4 Å². The third kappa shape index (κ3) is 3.96. The van der Waals surface area contributed by atoms with E-state index >= 15 is 0 Å². The molecule has 0 aliphatic carbocycles. The van der Waals surface area contributed by atoms with E-state index in [-0.39, 0.29) is 5.56 Å². The van der Waals surface area contributed by atoms with Gasteiger partial charge in [-0.2, -0.15) is 0 Å². The minimum atomic E-state index is -4.82. The van der Waals surface area contributed by atoms with Crippen LogP contribution in [-0.2, 0) is 9.84 Å². The summed E-state index contributed by atoms with van der Waals surface area (Å²) >= 11 is 0. The second-order valence-corrected chi connectivity index (χ2v) is 4.53. The fraction of sp³-hybridized carbons (Fsp3) is 0.333. The van der Waals surface area contributed by atoms with Gasteiger partial charge in [0, 0.05) is 15.9 Å². The summed E-state index contributed by atoms with van der Waals surface area (Å²) in [6.45, 7) is 2.09. The van der Waals surface area contributed by atoms with Crippen LogP contribution >= 0.6 is 0 Å². The Morgan fingerprint density at radius 3 is 2.83 bits per heavy atom. The number of ether oxygens (including phenoxy) is 2. The maximum Gasteiger partial charge on any atom is 0.170 e. The summed E-state index contributed by atoms with van der Waals surface area (Å²) < 4.78 is 62.4. The molecule has 0 aromatic heterocycles. The third-order valence-electron chi connectivity index (χ3n) is 2.02. The number of benzene rings is 1. The van der Waals surface area contributed by atoms with Gasteiger partial charge in [0.2, 0.25) is 0 Å². The zero-order valence-corrected chi connectivity index (χ0v) is 10.9. The lowest BCUT2D eigenvalue weighted by molar-refractivity contribution is 0.311. The fourth-order valence-corrected chi connectivity index (χ4v) is 1.72. The lowest BCUT2D eigenvalue weighted by Gasteiger charge is -2.11. The average Bonchev–Trinajstić information content (AvgIpc) is 2.44. The number of rotatable bonds is 5. The van der Waals surface area contributed by atoms with Crippen LogP contribution in [0.3, 0.4) is 0 Å². The van der Waals surface area contributed by atoms with E-state index in [0.29, 0.717) is 18.1 Å². The molecule has 0 atom stereocenters. The fourth-order valence-electron chi connectivity index (χ4n) is 1.32. The maximum absolute atomic E-state index is 11.8. The van der Waals surface area contributed by atoms with Crippen molar-refractivity contribution in [3.05, 3.63) is 29.1 Å². The molecule has 0 spiro atoms. The van der Waals surface area contributed by atoms with Crippen molar-refractivity contribution in [2.24, 2.45) is 5.73 Å². The smallest absolute Gasteiger partial charge is 0.170 e. The zero-order chi connectivity index (χ0) is 17.1. The van der Waals surface area contributed by atoms with Gasteiger partial charge in [0.05, 0.1) is 26.2 Å². The molecular formula is C12H17NO4S. The summed E-state index contributed by atoms with van der Waals surface area (Å²) in [5, 5.41) is -1.15. The van der Waals surface area contributed by atoms with E-state index in [1.165, 1.54) is 25.3 Å². The first-order valence-corrected chi connectivity index (χ1v) is 6.56. The molecule has 0 heterocycles. The van der Waals surface area contributed by atoms with Crippen LogP contribution in [-0.4, -0.2) is 28.3 Å². The highest BCUT2D eigenvalue weighted by Gasteiger charge is 2.08. The van der Waals surface area contributed by atoms with Crippen molar-refractivity contribution in [1.29, 1.82) is 0 Å². The highest BCUT2D eigenvalue weighted by molar-refractivity contribution is 7.93. The summed E-state index contributed by atoms with van der Waals surface area (Å²) in [5.41, 5.74) is 5.33. The van der Waals surface area contributed by atoms with Crippen LogP contribution in [0.25, 0.3) is 5.70 Å². The van der Waals surface area contributed by atoms with Crippen molar-refractivity contribution in [2.45, 2.75) is 6.92 Å². The Kier molecular flexibility index (Phi) is 2.97. The van der Waals surface area contributed by atoms with Crippen molar-refractivity contribution in [2.75, 3.05) is 19.9 Å². The molecule has 0 saturated heterocycles. The molecule has 0 saturated carbocycles. The van der Waals surface area contributed by atoms with Crippen LogP contribution in [0, 0.1) is 0 Å². The van der Waals surface area contributed by atoms with E-state index in [1.54, 1.807) is 6.92 Å². The Hall–Kier alpha value is -1.69. The standard InChI is InChI=1S/C12H17NO4S/c1-4-17-12-7-9(5-6-11(12)16-2)10(13)8-18(3,14)15/h5-8H,4,13H2,1-3H3/b10-8-/i3D3,8D. The van der Waals surface area contributed by atoms with Crippen LogP contribution in [0.15, 0.2) is 23.6 Å². The number of hydrogen-bond donors (Lipinski definition) is 1. The van der Waals surface area contributed by atoms with Crippen LogP contribution < -0.4 is 15.2 Å². The molecule has 0 aliphatic rings. The Bertz CT molecular complexity index is 683. The van der Waals surface area contributed by atoms with Gasteiger partial charge in [-0.15, -0.1) is 0 Å². The summed E-state index contributed by atoms with van der Waals surface area (Å²) in [6, 6.07) is 4.30. The molecule has 0 bridgehead atoms. The number of nitrogens with two attached hydrogens (primary N) is 1. The molecule has 0 fully saturated rings. The molecule has 6 heteroatoms. The summed E-state index contributed by atoms with van der Waals surface area (Å²) in [4.78, 5) is 0. The Balaban J connectivity index is 3.42. The second-order valence-electron chi connectivity index (χ2n) is 3.32. The molecule has 0 unspecified atom stereocenters. The minimum Gasteiger partial charge on any atom is -0.493 e. The molecule has 100 valence electrons. The van der Waals surface area contributed by atoms with Gasteiger partial charge >= 0.3 is 0 Å². The topological polar surface area (TPSA) is 78.6 Å². The Morgan fingerprint density at radius 1 is 1.56 bits per heavy atom. The summed E-state index contributed by atoms with van der Waals surface area (Å²) in [5.74, 6) is 0.716. The Labute approximate surface area is 113 Å². The first-order valence-electron chi connectivity index (χ1n) is 7.08. The molecule has 1 aromatic carbocycles. The Morgan fingerprint density at radius 2 is 2.28 bits per heavy atom. The normalized spacial score (nSPS) is 16.8. The lowest BCUT2D eigenvalue weighted by Crippen LogP contribution is -2.02. The van der Waals surface area contributed by atoms with Crippen molar-refractivity contribution >= 4 is 15.5 Å². The number of methoxy groups -OCH3 is 1.